The highest BCUT2D eigenvalue weighted by Crippen LogP contribution is 2.05. The lowest BCUT2D eigenvalue weighted by molar-refractivity contribution is -0.307. The van der Waals surface area contributed by atoms with E-state index in [-0.39, 0.29) is 6.42 Å². The Morgan fingerprint density at radius 1 is 1.50 bits per heavy atom. The molecule has 0 amide bonds. The molecule has 0 aliphatic rings. The molecule has 2 N–H and O–H groups in total. The zero-order valence-electron chi connectivity index (χ0n) is 7.43. The molecule has 0 fully saturated rings. The molecule has 14 heavy (non-hydrogen) atoms. The zero-order valence-corrected chi connectivity index (χ0v) is 7.43. The lowest BCUT2D eigenvalue weighted by atomic mass is 10.1. The average Bonchev–Trinajstić information content (AvgIpc) is 2.19. The molecule has 0 aliphatic heterocycles. The largest absolute Gasteiger partial charge is 0.548 e. The Labute approximate surface area is 81.6 Å². The second kappa shape index (κ2) is 4.40. The van der Waals surface area contributed by atoms with Crippen LogP contribution in [0.1, 0.15) is 11.1 Å². The van der Waals surface area contributed by atoms with Crippen LogP contribution < -0.4 is 10.8 Å². The number of nitriles is 1. The fourth-order valence-electron chi connectivity index (χ4n) is 1.05. The van der Waals surface area contributed by atoms with E-state index >= 15 is 0 Å². The van der Waals surface area contributed by atoms with Crippen LogP contribution in [0.15, 0.2) is 24.3 Å². The highest BCUT2D eigenvalue weighted by molar-refractivity contribution is 5.71. The first-order valence-electron chi connectivity index (χ1n) is 4.09. The summed E-state index contributed by atoms with van der Waals surface area (Å²) in [6.07, 6.45) is 0.216. The fourth-order valence-corrected chi connectivity index (χ4v) is 1.05. The number of aliphatic carboxylic acids is 1. The predicted molar refractivity (Wildman–Crippen MR) is 47.8 cm³/mol. The Kier molecular flexibility index (Phi) is 3.21. The molecule has 0 saturated heterocycles. The number of nitrogens with zero attached hydrogens (tertiary/aromatic N) is 1. The second-order valence-corrected chi connectivity index (χ2v) is 2.94. The molecule has 0 aliphatic carbocycles. The van der Waals surface area contributed by atoms with Gasteiger partial charge in [-0.1, -0.05) is 12.1 Å². The Bertz CT molecular complexity index is 365. The Balaban J connectivity index is 2.70. The summed E-state index contributed by atoms with van der Waals surface area (Å²) in [5.74, 6) is -1.27. The molecule has 72 valence electrons. The minimum absolute atomic E-state index is 0.216. The molecule has 1 rings (SSSR count). The fraction of sp³-hybridized carbons (Fsp3) is 0.200. The van der Waals surface area contributed by atoms with Gasteiger partial charge in [0.05, 0.1) is 17.6 Å². The highest BCUT2D eigenvalue weighted by atomic mass is 16.4. The molecular weight excluding hydrogens is 180 g/mol. The topological polar surface area (TPSA) is 89.9 Å². The van der Waals surface area contributed by atoms with Crippen molar-refractivity contribution in [2.45, 2.75) is 12.5 Å². The number of hydrogen-bond donors (Lipinski definition) is 1. The van der Waals surface area contributed by atoms with Crippen LogP contribution in [0.2, 0.25) is 0 Å². The molecule has 0 heterocycles. The van der Waals surface area contributed by atoms with E-state index in [0.717, 1.165) is 5.56 Å². The van der Waals surface area contributed by atoms with Gasteiger partial charge in [-0.2, -0.15) is 5.26 Å². The molecule has 4 heteroatoms. The van der Waals surface area contributed by atoms with Gasteiger partial charge in [0.1, 0.15) is 0 Å². The van der Waals surface area contributed by atoms with Crippen LogP contribution in [0.5, 0.6) is 0 Å². The maximum Gasteiger partial charge on any atom is 0.0991 e. The Hall–Kier alpha value is -1.86. The van der Waals surface area contributed by atoms with Gasteiger partial charge in [0.25, 0.3) is 0 Å². The third-order valence-corrected chi connectivity index (χ3v) is 1.84. The standard InChI is InChI=1S/C10H10N2O2/c11-6-8-3-1-7(2-4-8)5-9(12)10(13)14/h1-4,9H,5,12H2,(H,13,14)/p-1/t9-/m0/s1. The van der Waals surface area contributed by atoms with Gasteiger partial charge in [-0.3, -0.25) is 0 Å². The number of carbonyl (C=O) groups is 1. The van der Waals surface area contributed by atoms with Crippen LogP contribution in [-0.4, -0.2) is 12.0 Å². The summed E-state index contributed by atoms with van der Waals surface area (Å²) in [6.45, 7) is 0. The third kappa shape index (κ3) is 2.57. The molecule has 4 nitrogen and oxygen atoms in total. The summed E-state index contributed by atoms with van der Waals surface area (Å²) in [5, 5.41) is 18.9. The van der Waals surface area contributed by atoms with Crippen molar-refractivity contribution in [1.82, 2.24) is 0 Å². The van der Waals surface area contributed by atoms with Crippen molar-refractivity contribution in [3.63, 3.8) is 0 Å². The summed E-state index contributed by atoms with van der Waals surface area (Å²) < 4.78 is 0. The lowest BCUT2D eigenvalue weighted by Gasteiger charge is -2.11. The van der Waals surface area contributed by atoms with Gasteiger partial charge in [0.15, 0.2) is 0 Å². The zero-order chi connectivity index (χ0) is 10.6. The van der Waals surface area contributed by atoms with Crippen LogP contribution in [0, 0.1) is 11.3 Å². The molecule has 0 bridgehead atoms. The van der Waals surface area contributed by atoms with E-state index in [9.17, 15) is 9.90 Å². The van der Waals surface area contributed by atoms with Gasteiger partial charge in [-0.25, -0.2) is 0 Å². The monoisotopic (exact) mass is 189 g/mol. The van der Waals surface area contributed by atoms with Gasteiger partial charge in [-0.05, 0) is 24.1 Å². The van der Waals surface area contributed by atoms with Crippen LogP contribution >= 0.6 is 0 Å². The van der Waals surface area contributed by atoms with Crippen molar-refractivity contribution in [2.75, 3.05) is 0 Å². The molecule has 0 saturated carbocycles. The van der Waals surface area contributed by atoms with E-state index in [1.54, 1.807) is 24.3 Å². The van der Waals surface area contributed by atoms with Gasteiger partial charge in [-0.15, -0.1) is 0 Å². The number of benzene rings is 1. The normalized spacial score (nSPS) is 11.7. The van der Waals surface area contributed by atoms with E-state index < -0.39 is 12.0 Å². The van der Waals surface area contributed by atoms with Crippen LogP contribution in [0.3, 0.4) is 0 Å². The first-order valence-corrected chi connectivity index (χ1v) is 4.09. The predicted octanol–water partition coefficient (Wildman–Crippen LogP) is -0.822. The molecule has 1 atom stereocenters. The van der Waals surface area contributed by atoms with Gasteiger partial charge in [0.2, 0.25) is 0 Å². The van der Waals surface area contributed by atoms with Crippen molar-refractivity contribution >= 4 is 5.97 Å². The summed E-state index contributed by atoms with van der Waals surface area (Å²) >= 11 is 0. The summed E-state index contributed by atoms with van der Waals surface area (Å²) in [4.78, 5) is 10.3. The molecular formula is C10H9N2O2-. The molecule has 1 aromatic carbocycles. The third-order valence-electron chi connectivity index (χ3n) is 1.84. The smallest absolute Gasteiger partial charge is 0.0991 e. The lowest BCUT2D eigenvalue weighted by Crippen LogP contribution is -2.43. The van der Waals surface area contributed by atoms with E-state index in [1.165, 1.54) is 0 Å². The number of carboxylic acid groups (broad SMARTS) is 1. The minimum atomic E-state index is -1.27. The van der Waals surface area contributed by atoms with Crippen LogP contribution in [0.4, 0.5) is 0 Å². The number of rotatable bonds is 3. The van der Waals surface area contributed by atoms with Crippen molar-refractivity contribution in [2.24, 2.45) is 5.73 Å². The molecule has 1 aromatic rings. The summed E-state index contributed by atoms with van der Waals surface area (Å²) in [7, 11) is 0. The van der Waals surface area contributed by atoms with E-state index in [4.69, 9.17) is 11.0 Å². The number of nitrogens with two attached hydrogens (primary N) is 1. The van der Waals surface area contributed by atoms with Gasteiger partial charge in [0, 0.05) is 6.04 Å². The average molecular weight is 189 g/mol. The van der Waals surface area contributed by atoms with E-state index in [2.05, 4.69) is 0 Å². The van der Waals surface area contributed by atoms with Crippen molar-refractivity contribution in [3.8, 4) is 6.07 Å². The molecule has 0 aromatic heterocycles. The quantitative estimate of drug-likeness (QED) is 0.672. The molecule has 0 spiro atoms. The molecule has 0 radical (unpaired) electrons. The first kappa shape index (κ1) is 10.2. The summed E-state index contributed by atoms with van der Waals surface area (Å²) in [6, 6.07) is 7.58. The van der Waals surface area contributed by atoms with Crippen molar-refractivity contribution < 1.29 is 9.90 Å². The SMILES string of the molecule is N#Cc1ccc(C[C@H](N)C(=O)[O-])cc1. The van der Waals surface area contributed by atoms with Crippen molar-refractivity contribution in [3.05, 3.63) is 35.4 Å². The van der Waals surface area contributed by atoms with E-state index in [1.807, 2.05) is 6.07 Å². The minimum Gasteiger partial charge on any atom is -0.548 e. The van der Waals surface area contributed by atoms with Crippen LogP contribution in [-0.2, 0) is 11.2 Å². The number of carboxylic acids is 1. The number of carbonyl (C=O) groups excluding carboxylic acids is 1. The maximum absolute atomic E-state index is 10.3. The molecule has 0 unspecified atom stereocenters. The van der Waals surface area contributed by atoms with Crippen molar-refractivity contribution in [1.29, 1.82) is 5.26 Å². The van der Waals surface area contributed by atoms with Gasteiger partial charge >= 0.3 is 0 Å². The number of hydrogen-bond acceptors (Lipinski definition) is 4. The summed E-state index contributed by atoms with van der Waals surface area (Å²) in [5.41, 5.74) is 6.61. The second-order valence-electron chi connectivity index (χ2n) is 2.94. The maximum atomic E-state index is 10.3. The van der Waals surface area contributed by atoms with Gasteiger partial charge < -0.3 is 15.6 Å². The first-order chi connectivity index (χ1) is 6.63. The van der Waals surface area contributed by atoms with Crippen LogP contribution in [0.25, 0.3) is 0 Å². The van der Waals surface area contributed by atoms with E-state index in [0.29, 0.717) is 5.56 Å². The Morgan fingerprint density at radius 3 is 2.50 bits per heavy atom. The Morgan fingerprint density at radius 2 is 2.07 bits per heavy atom. The highest BCUT2D eigenvalue weighted by Gasteiger charge is 2.04.